The van der Waals surface area contributed by atoms with E-state index in [4.69, 9.17) is 0 Å². The highest BCUT2D eigenvalue weighted by Crippen LogP contribution is 2.36. The highest BCUT2D eigenvalue weighted by atomic mass is 19.1. The van der Waals surface area contributed by atoms with Crippen molar-refractivity contribution in [1.29, 1.82) is 0 Å². The lowest BCUT2D eigenvalue weighted by molar-refractivity contribution is 0.0949. The first-order valence-corrected chi connectivity index (χ1v) is 11.7. The number of carbonyl (C=O) groups excluding carboxylic acids is 1. The number of aromatic amines is 1. The van der Waals surface area contributed by atoms with E-state index in [2.05, 4.69) is 26.3 Å². The van der Waals surface area contributed by atoms with E-state index in [0.29, 0.717) is 24.2 Å². The van der Waals surface area contributed by atoms with Gasteiger partial charge in [0.1, 0.15) is 5.69 Å². The normalized spacial score (nSPS) is 21.7. The second-order valence-corrected chi connectivity index (χ2v) is 8.67. The Hall–Kier alpha value is -2.74. The van der Waals surface area contributed by atoms with Crippen LogP contribution in [0.5, 0.6) is 0 Å². The van der Waals surface area contributed by atoms with Crippen molar-refractivity contribution in [3.63, 3.8) is 0 Å². The highest BCUT2D eigenvalue weighted by molar-refractivity contribution is 5.92. The van der Waals surface area contributed by atoms with Gasteiger partial charge in [-0.25, -0.2) is 4.98 Å². The van der Waals surface area contributed by atoms with Crippen molar-refractivity contribution in [3.8, 4) is 0 Å². The summed E-state index contributed by atoms with van der Waals surface area (Å²) in [5.74, 6) is -0.563. The molecule has 2 aromatic rings. The number of pyridine rings is 2. The molecule has 1 saturated heterocycles. The lowest BCUT2D eigenvalue weighted by Gasteiger charge is -2.39. The molecule has 2 fully saturated rings. The molecular formula is C24H32FN5O2. The maximum absolute atomic E-state index is 14.6. The van der Waals surface area contributed by atoms with Crippen LogP contribution in [0.25, 0.3) is 0 Å². The second kappa shape index (κ2) is 9.81. The van der Waals surface area contributed by atoms with Crippen LogP contribution < -0.4 is 15.8 Å². The van der Waals surface area contributed by atoms with Crippen molar-refractivity contribution in [2.75, 3.05) is 37.6 Å². The fourth-order valence-electron chi connectivity index (χ4n) is 4.98. The molecule has 0 radical (unpaired) electrons. The first-order valence-electron chi connectivity index (χ1n) is 11.7. The summed E-state index contributed by atoms with van der Waals surface area (Å²) >= 11 is 0. The molecule has 2 N–H and O–H groups in total. The van der Waals surface area contributed by atoms with Gasteiger partial charge in [-0.2, -0.15) is 4.39 Å². The largest absolute Gasteiger partial charge is 0.365 e. The van der Waals surface area contributed by atoms with Crippen LogP contribution in [0.15, 0.2) is 29.1 Å². The number of amides is 1. The predicted octanol–water partition coefficient (Wildman–Crippen LogP) is 2.68. The molecule has 172 valence electrons. The molecule has 4 rings (SSSR count). The number of hydrogen-bond donors (Lipinski definition) is 2. The fourth-order valence-corrected chi connectivity index (χ4v) is 4.98. The average molecular weight is 442 g/mol. The van der Waals surface area contributed by atoms with Gasteiger partial charge in [0, 0.05) is 55.9 Å². The number of nitrogens with one attached hydrogen (secondary N) is 2. The third-order valence-electron chi connectivity index (χ3n) is 6.81. The molecule has 0 unspecified atom stereocenters. The quantitative estimate of drug-likeness (QED) is 0.674. The van der Waals surface area contributed by atoms with Crippen LogP contribution in [0.3, 0.4) is 0 Å². The minimum atomic E-state index is -0.595. The molecule has 0 spiro atoms. The summed E-state index contributed by atoms with van der Waals surface area (Å²) in [7, 11) is 0. The molecule has 2 aromatic heterocycles. The Morgan fingerprint density at radius 2 is 1.94 bits per heavy atom. The van der Waals surface area contributed by atoms with Crippen molar-refractivity contribution < 1.29 is 9.18 Å². The number of hydrogen-bond acceptors (Lipinski definition) is 5. The molecule has 32 heavy (non-hydrogen) atoms. The fraction of sp³-hybridized carbons (Fsp3) is 0.542. The van der Waals surface area contributed by atoms with Crippen LogP contribution in [-0.4, -0.2) is 59.5 Å². The Labute approximate surface area is 188 Å². The van der Waals surface area contributed by atoms with E-state index in [1.165, 1.54) is 0 Å². The van der Waals surface area contributed by atoms with E-state index in [-0.39, 0.29) is 17.2 Å². The van der Waals surface area contributed by atoms with E-state index in [1.54, 1.807) is 12.1 Å². The zero-order valence-corrected chi connectivity index (χ0v) is 18.9. The Balaban J connectivity index is 1.34. The van der Waals surface area contributed by atoms with E-state index < -0.39 is 5.95 Å². The van der Waals surface area contributed by atoms with Crippen molar-refractivity contribution >= 4 is 11.6 Å². The monoisotopic (exact) mass is 441 g/mol. The molecule has 1 amide bonds. The summed E-state index contributed by atoms with van der Waals surface area (Å²) in [6.07, 6.45) is 3.97. The van der Waals surface area contributed by atoms with Crippen LogP contribution in [0, 0.1) is 5.95 Å². The molecule has 0 aromatic carbocycles. The van der Waals surface area contributed by atoms with Crippen LogP contribution in [0.2, 0.25) is 0 Å². The van der Waals surface area contributed by atoms with Crippen LogP contribution >= 0.6 is 0 Å². The summed E-state index contributed by atoms with van der Waals surface area (Å²) in [6, 6.07) is 7.76. The van der Waals surface area contributed by atoms with E-state index in [9.17, 15) is 14.0 Å². The minimum absolute atomic E-state index is 0.0379. The zero-order valence-electron chi connectivity index (χ0n) is 18.9. The number of rotatable bonds is 6. The standard InChI is InChI=1S/C24H32FN5O2/c1-3-16-6-8-19(28-23(16)31)17-5-7-18(15-17)29-11-13-30(14-12-29)21-10-9-20(27-22(21)25)24(32)26-4-2/h6,8-10,17-18H,3-5,7,11-15H2,1-2H3,(H,26,32)(H,28,31)/t17-,18+/m1/s1. The topological polar surface area (TPSA) is 81.3 Å². The number of carbonyl (C=O) groups is 1. The number of H-pyrrole nitrogens is 1. The number of halogens is 1. The first-order chi connectivity index (χ1) is 15.5. The van der Waals surface area contributed by atoms with Gasteiger partial charge in [0.2, 0.25) is 5.95 Å². The van der Waals surface area contributed by atoms with Crippen LogP contribution in [-0.2, 0) is 6.42 Å². The smallest absolute Gasteiger partial charge is 0.269 e. The molecule has 2 aliphatic rings. The summed E-state index contributed by atoms with van der Waals surface area (Å²) in [4.78, 5) is 35.5. The van der Waals surface area contributed by atoms with Gasteiger partial charge < -0.3 is 15.2 Å². The van der Waals surface area contributed by atoms with Gasteiger partial charge in [-0.3, -0.25) is 14.5 Å². The Bertz CT molecular complexity index is 1020. The Morgan fingerprint density at radius 3 is 2.59 bits per heavy atom. The Morgan fingerprint density at radius 1 is 1.16 bits per heavy atom. The predicted molar refractivity (Wildman–Crippen MR) is 123 cm³/mol. The second-order valence-electron chi connectivity index (χ2n) is 8.67. The first kappa shape index (κ1) is 22.5. The van der Waals surface area contributed by atoms with E-state index in [1.807, 2.05) is 24.8 Å². The number of anilines is 1. The number of aromatic nitrogens is 2. The third-order valence-corrected chi connectivity index (χ3v) is 6.81. The molecule has 2 atom stereocenters. The van der Waals surface area contributed by atoms with Crippen molar-refractivity contribution in [2.45, 2.75) is 51.5 Å². The van der Waals surface area contributed by atoms with Crippen molar-refractivity contribution in [1.82, 2.24) is 20.2 Å². The molecule has 1 aliphatic carbocycles. The maximum atomic E-state index is 14.6. The summed E-state index contributed by atoms with van der Waals surface area (Å²) < 4.78 is 14.6. The van der Waals surface area contributed by atoms with Crippen molar-refractivity contribution in [2.24, 2.45) is 0 Å². The van der Waals surface area contributed by atoms with Gasteiger partial charge in [0.15, 0.2) is 0 Å². The summed E-state index contributed by atoms with van der Waals surface area (Å²) in [6.45, 7) is 7.46. The molecule has 3 heterocycles. The lowest BCUT2D eigenvalue weighted by Crippen LogP contribution is -2.50. The molecule has 8 heteroatoms. The minimum Gasteiger partial charge on any atom is -0.365 e. The van der Waals surface area contributed by atoms with Crippen LogP contribution in [0.4, 0.5) is 10.1 Å². The summed E-state index contributed by atoms with van der Waals surface area (Å²) in [5.41, 5.74) is 2.48. The van der Waals surface area contributed by atoms with E-state index >= 15 is 0 Å². The van der Waals surface area contributed by atoms with Gasteiger partial charge in [-0.05, 0) is 50.8 Å². The van der Waals surface area contributed by atoms with Crippen molar-refractivity contribution in [3.05, 3.63) is 57.5 Å². The Kier molecular flexibility index (Phi) is 6.89. The molecule has 7 nitrogen and oxygen atoms in total. The van der Waals surface area contributed by atoms with Gasteiger partial charge in [0.05, 0.1) is 5.69 Å². The SMILES string of the molecule is CCNC(=O)c1ccc(N2CCN([C@H]3CC[C@@H](c4ccc(CC)c(=O)[nH]4)C3)CC2)c(F)n1. The van der Waals surface area contributed by atoms with Gasteiger partial charge in [-0.15, -0.1) is 0 Å². The molecular weight excluding hydrogens is 409 g/mol. The maximum Gasteiger partial charge on any atom is 0.269 e. The number of nitrogens with zero attached hydrogens (tertiary/aromatic N) is 3. The molecule has 1 saturated carbocycles. The third kappa shape index (κ3) is 4.70. The van der Waals surface area contributed by atoms with Gasteiger partial charge in [-0.1, -0.05) is 13.0 Å². The number of piperazine rings is 1. The number of aryl methyl sites for hydroxylation is 1. The average Bonchev–Trinajstić information content (AvgIpc) is 3.29. The zero-order chi connectivity index (χ0) is 22.7. The highest BCUT2D eigenvalue weighted by Gasteiger charge is 2.33. The van der Waals surface area contributed by atoms with Crippen LogP contribution in [0.1, 0.15) is 60.8 Å². The molecule has 1 aliphatic heterocycles. The van der Waals surface area contributed by atoms with Gasteiger partial charge in [0.25, 0.3) is 11.5 Å². The lowest BCUT2D eigenvalue weighted by atomic mass is 10.0. The van der Waals surface area contributed by atoms with E-state index in [0.717, 1.165) is 63.1 Å². The molecule has 0 bridgehead atoms. The van der Waals surface area contributed by atoms with Gasteiger partial charge >= 0.3 is 0 Å². The summed E-state index contributed by atoms with van der Waals surface area (Å²) in [5, 5.41) is 2.64.